The first-order valence-electron chi connectivity index (χ1n) is 4.81. The van der Waals surface area contributed by atoms with Crippen LogP contribution in [0.1, 0.15) is 5.56 Å². The van der Waals surface area contributed by atoms with Crippen molar-refractivity contribution in [1.29, 1.82) is 0 Å². The summed E-state index contributed by atoms with van der Waals surface area (Å²) in [5.41, 5.74) is 0.963. The minimum Gasteiger partial charge on any atom is -0.488 e. The second kappa shape index (κ2) is 5.16. The lowest BCUT2D eigenvalue weighted by Gasteiger charge is -2.06. The summed E-state index contributed by atoms with van der Waals surface area (Å²) in [5.74, 6) is 0.619. The monoisotopic (exact) mass is 327 g/mol. The van der Waals surface area contributed by atoms with E-state index in [9.17, 15) is 4.79 Å². The summed E-state index contributed by atoms with van der Waals surface area (Å²) >= 11 is 1.98. The van der Waals surface area contributed by atoms with E-state index in [-0.39, 0.29) is 5.56 Å². The number of aromatic nitrogens is 1. The number of pyridine rings is 1. The molecule has 0 fully saturated rings. The predicted molar refractivity (Wildman–Crippen MR) is 70.6 cm³/mol. The Morgan fingerprint density at radius 2 is 1.94 bits per heavy atom. The van der Waals surface area contributed by atoms with E-state index in [1.807, 2.05) is 52.9 Å². The third kappa shape index (κ3) is 2.63. The van der Waals surface area contributed by atoms with Crippen LogP contribution < -0.4 is 10.3 Å². The first-order valence-corrected chi connectivity index (χ1v) is 5.89. The molecule has 4 heteroatoms. The number of hydrogen-bond acceptors (Lipinski definition) is 2. The molecule has 1 N–H and O–H groups in total. The largest absolute Gasteiger partial charge is 0.488 e. The Balaban J connectivity index is 2.11. The minimum absolute atomic E-state index is 0.119. The smallest absolute Gasteiger partial charge is 0.265 e. The molecule has 0 spiro atoms. The molecule has 1 aromatic carbocycles. The second-order valence-corrected chi connectivity index (χ2v) is 4.34. The van der Waals surface area contributed by atoms with Crippen molar-refractivity contribution in [2.75, 3.05) is 0 Å². The Kier molecular flexibility index (Phi) is 3.61. The van der Waals surface area contributed by atoms with Gasteiger partial charge in [-0.3, -0.25) is 4.79 Å². The van der Waals surface area contributed by atoms with Crippen LogP contribution in [0.25, 0.3) is 0 Å². The van der Waals surface area contributed by atoms with Crippen molar-refractivity contribution in [2.45, 2.75) is 6.61 Å². The molecule has 16 heavy (non-hydrogen) atoms. The van der Waals surface area contributed by atoms with Crippen molar-refractivity contribution in [1.82, 2.24) is 4.98 Å². The molecule has 2 rings (SSSR count). The highest BCUT2D eigenvalue weighted by atomic mass is 127. The summed E-state index contributed by atoms with van der Waals surface area (Å²) < 4.78 is 6.16. The zero-order valence-corrected chi connectivity index (χ0v) is 10.6. The topological polar surface area (TPSA) is 42.1 Å². The normalized spacial score (nSPS) is 10.1. The second-order valence-electron chi connectivity index (χ2n) is 3.26. The third-order valence-corrected chi connectivity index (χ3v) is 3.12. The maximum atomic E-state index is 11.3. The van der Waals surface area contributed by atoms with Gasteiger partial charge >= 0.3 is 0 Å². The molecule has 0 atom stereocenters. The molecule has 0 bridgehead atoms. The lowest BCUT2D eigenvalue weighted by molar-refractivity contribution is 0.303. The average Bonchev–Trinajstić information content (AvgIpc) is 2.32. The maximum Gasteiger partial charge on any atom is 0.265 e. The van der Waals surface area contributed by atoms with Gasteiger partial charge in [0.25, 0.3) is 5.56 Å². The van der Waals surface area contributed by atoms with Crippen molar-refractivity contribution in [3.63, 3.8) is 0 Å². The molecule has 1 heterocycles. The van der Waals surface area contributed by atoms with Gasteiger partial charge in [-0.1, -0.05) is 30.3 Å². The summed E-state index contributed by atoms with van der Waals surface area (Å²) in [7, 11) is 0. The van der Waals surface area contributed by atoms with Crippen molar-refractivity contribution in [2.24, 2.45) is 0 Å². The highest BCUT2D eigenvalue weighted by molar-refractivity contribution is 14.1. The molecule has 2 aromatic rings. The van der Waals surface area contributed by atoms with Gasteiger partial charge in [0.1, 0.15) is 15.9 Å². The van der Waals surface area contributed by atoms with E-state index in [0.29, 0.717) is 15.9 Å². The van der Waals surface area contributed by atoms with Gasteiger partial charge in [-0.2, -0.15) is 0 Å². The van der Waals surface area contributed by atoms with E-state index in [0.717, 1.165) is 5.56 Å². The predicted octanol–water partition coefficient (Wildman–Crippen LogP) is 2.56. The summed E-state index contributed by atoms with van der Waals surface area (Å²) in [6.07, 6.45) is 1.59. The number of ether oxygens (including phenoxy) is 1. The average molecular weight is 327 g/mol. The summed E-state index contributed by atoms with van der Waals surface area (Å²) in [6, 6.07) is 11.6. The van der Waals surface area contributed by atoms with Crippen LogP contribution in [0.5, 0.6) is 5.75 Å². The fraction of sp³-hybridized carbons (Fsp3) is 0.0833. The lowest BCUT2D eigenvalue weighted by Crippen LogP contribution is -2.10. The Morgan fingerprint density at radius 3 is 2.69 bits per heavy atom. The minimum atomic E-state index is -0.119. The Labute approximate surface area is 107 Å². The molecule has 3 nitrogen and oxygen atoms in total. The van der Waals surface area contributed by atoms with E-state index >= 15 is 0 Å². The molecule has 82 valence electrons. The Hall–Kier alpha value is -1.30. The van der Waals surface area contributed by atoms with Crippen molar-refractivity contribution >= 4 is 22.6 Å². The summed E-state index contributed by atoms with van der Waals surface area (Å²) in [6.45, 7) is 0.473. The van der Waals surface area contributed by atoms with Crippen LogP contribution in [0.15, 0.2) is 47.4 Å². The molecule has 0 aliphatic rings. The Morgan fingerprint density at radius 1 is 1.19 bits per heavy atom. The van der Waals surface area contributed by atoms with E-state index in [1.54, 1.807) is 12.3 Å². The van der Waals surface area contributed by atoms with Gasteiger partial charge in [0.15, 0.2) is 0 Å². The van der Waals surface area contributed by atoms with Gasteiger partial charge in [0.2, 0.25) is 0 Å². The fourth-order valence-corrected chi connectivity index (χ4v) is 1.78. The number of halogens is 1. The number of nitrogens with one attached hydrogen (secondary N) is 1. The zero-order valence-electron chi connectivity index (χ0n) is 8.44. The third-order valence-electron chi connectivity index (χ3n) is 2.10. The molecule has 0 radical (unpaired) electrons. The highest BCUT2D eigenvalue weighted by Gasteiger charge is 2.04. The highest BCUT2D eigenvalue weighted by Crippen LogP contribution is 2.16. The Bertz CT molecular complexity index is 522. The first-order chi connectivity index (χ1) is 7.77. The van der Waals surface area contributed by atoms with Crippen molar-refractivity contribution in [3.8, 4) is 5.75 Å². The van der Waals surface area contributed by atoms with Crippen LogP contribution in [0.3, 0.4) is 0 Å². The summed E-state index contributed by atoms with van der Waals surface area (Å²) in [5, 5.41) is 0. The van der Waals surface area contributed by atoms with Gasteiger partial charge in [0, 0.05) is 6.20 Å². The summed E-state index contributed by atoms with van der Waals surface area (Å²) in [4.78, 5) is 13.9. The number of rotatable bonds is 3. The van der Waals surface area contributed by atoms with Gasteiger partial charge < -0.3 is 9.72 Å². The van der Waals surface area contributed by atoms with Gasteiger partial charge in [-0.25, -0.2) is 0 Å². The molecular weight excluding hydrogens is 317 g/mol. The van der Waals surface area contributed by atoms with Crippen molar-refractivity contribution < 1.29 is 4.74 Å². The van der Waals surface area contributed by atoms with Gasteiger partial charge in [-0.05, 0) is 34.2 Å². The molecule has 0 aliphatic carbocycles. The fourth-order valence-electron chi connectivity index (χ4n) is 1.29. The standard InChI is InChI=1S/C12H10INO2/c13-11-10(6-7-14-12(11)15)16-8-9-4-2-1-3-5-9/h1-7H,8H2,(H,14,15). The van der Waals surface area contributed by atoms with Gasteiger partial charge in [-0.15, -0.1) is 0 Å². The SMILES string of the molecule is O=c1[nH]ccc(OCc2ccccc2)c1I. The number of aromatic amines is 1. The number of hydrogen-bond donors (Lipinski definition) is 1. The zero-order chi connectivity index (χ0) is 11.4. The van der Waals surface area contributed by atoms with E-state index < -0.39 is 0 Å². The van der Waals surface area contributed by atoms with Crippen LogP contribution in [-0.2, 0) is 6.61 Å². The number of benzene rings is 1. The maximum absolute atomic E-state index is 11.3. The molecule has 0 amide bonds. The quantitative estimate of drug-likeness (QED) is 0.881. The van der Waals surface area contributed by atoms with Crippen molar-refractivity contribution in [3.05, 3.63) is 62.1 Å². The van der Waals surface area contributed by atoms with Crippen LogP contribution in [0.2, 0.25) is 0 Å². The molecule has 0 unspecified atom stereocenters. The number of H-pyrrole nitrogens is 1. The molecule has 0 aliphatic heterocycles. The van der Waals surface area contributed by atoms with Crippen LogP contribution >= 0.6 is 22.6 Å². The van der Waals surface area contributed by atoms with E-state index in [1.165, 1.54) is 0 Å². The molecule has 0 saturated carbocycles. The van der Waals surface area contributed by atoms with E-state index in [2.05, 4.69) is 4.98 Å². The van der Waals surface area contributed by atoms with Crippen LogP contribution in [0, 0.1) is 3.57 Å². The molecule has 1 aromatic heterocycles. The molecular formula is C12H10INO2. The van der Waals surface area contributed by atoms with Crippen LogP contribution in [-0.4, -0.2) is 4.98 Å². The van der Waals surface area contributed by atoms with E-state index in [4.69, 9.17) is 4.74 Å². The lowest BCUT2D eigenvalue weighted by atomic mass is 10.2. The van der Waals surface area contributed by atoms with Gasteiger partial charge in [0.05, 0.1) is 0 Å². The first kappa shape index (κ1) is 11.2. The van der Waals surface area contributed by atoms with Crippen LogP contribution in [0.4, 0.5) is 0 Å². The molecule has 0 saturated heterocycles.